The van der Waals surface area contributed by atoms with Gasteiger partial charge in [0.05, 0.1) is 5.54 Å². The van der Waals surface area contributed by atoms with Crippen LogP contribution in [0, 0.1) is 6.92 Å². The molecule has 0 aromatic carbocycles. The fourth-order valence-electron chi connectivity index (χ4n) is 2.28. The average Bonchev–Trinajstić information content (AvgIpc) is 2.92. The first kappa shape index (κ1) is 14.1. The summed E-state index contributed by atoms with van der Waals surface area (Å²) in [7, 11) is 0. The second-order valence-electron chi connectivity index (χ2n) is 5.00. The SMILES string of the molecule is CCc1oc(-c2nc(C3(N)CCC3)no2)cc1C.Cl. The Balaban J connectivity index is 0.00000133. The summed E-state index contributed by atoms with van der Waals surface area (Å²) in [5.74, 6) is 2.60. The zero-order valence-electron chi connectivity index (χ0n) is 11.1. The van der Waals surface area contributed by atoms with E-state index in [-0.39, 0.29) is 12.4 Å². The summed E-state index contributed by atoms with van der Waals surface area (Å²) in [6.45, 7) is 4.07. The van der Waals surface area contributed by atoms with Gasteiger partial charge in [-0.1, -0.05) is 12.1 Å². The second-order valence-corrected chi connectivity index (χ2v) is 5.00. The van der Waals surface area contributed by atoms with Gasteiger partial charge >= 0.3 is 0 Å². The third-order valence-corrected chi connectivity index (χ3v) is 3.67. The van der Waals surface area contributed by atoms with Crippen molar-refractivity contribution in [3.05, 3.63) is 23.2 Å². The third kappa shape index (κ3) is 2.28. The molecule has 5 nitrogen and oxygen atoms in total. The van der Waals surface area contributed by atoms with Gasteiger partial charge in [0.15, 0.2) is 11.6 Å². The molecule has 1 saturated carbocycles. The Kier molecular flexibility index (Phi) is 3.69. The second kappa shape index (κ2) is 4.98. The maximum Gasteiger partial charge on any atom is 0.293 e. The molecular weight excluding hydrogens is 266 g/mol. The summed E-state index contributed by atoms with van der Waals surface area (Å²) in [6.07, 6.45) is 3.82. The minimum Gasteiger partial charge on any atom is -0.456 e. The molecule has 1 fully saturated rings. The number of aryl methyl sites for hydroxylation is 2. The number of nitrogens with zero attached hydrogens (tertiary/aromatic N) is 2. The quantitative estimate of drug-likeness (QED) is 0.937. The van der Waals surface area contributed by atoms with E-state index in [1.165, 1.54) is 0 Å². The Morgan fingerprint density at radius 1 is 1.42 bits per heavy atom. The minimum atomic E-state index is -0.392. The predicted molar refractivity (Wildman–Crippen MR) is 73.1 cm³/mol. The first-order chi connectivity index (χ1) is 8.62. The highest BCUT2D eigenvalue weighted by atomic mass is 35.5. The van der Waals surface area contributed by atoms with Crippen LogP contribution in [0.4, 0.5) is 0 Å². The summed E-state index contributed by atoms with van der Waals surface area (Å²) in [5.41, 5.74) is 6.88. The summed E-state index contributed by atoms with van der Waals surface area (Å²) < 4.78 is 10.9. The fraction of sp³-hybridized carbons (Fsp3) is 0.538. The van der Waals surface area contributed by atoms with Crippen LogP contribution in [0.15, 0.2) is 15.0 Å². The minimum absolute atomic E-state index is 0. The number of hydrogen-bond acceptors (Lipinski definition) is 5. The van der Waals surface area contributed by atoms with Gasteiger partial charge in [0.1, 0.15) is 5.76 Å². The predicted octanol–water partition coefficient (Wildman–Crippen LogP) is 2.96. The normalized spacial score (nSPS) is 16.8. The lowest BCUT2D eigenvalue weighted by Crippen LogP contribution is -2.44. The Bertz CT molecular complexity index is 572. The maximum absolute atomic E-state index is 6.16. The molecular formula is C13H18ClN3O2. The molecule has 2 aromatic rings. The molecule has 2 heterocycles. The molecule has 6 heteroatoms. The van der Waals surface area contributed by atoms with Crippen LogP contribution >= 0.6 is 12.4 Å². The van der Waals surface area contributed by atoms with Crippen LogP contribution in [-0.2, 0) is 12.0 Å². The molecule has 0 spiro atoms. The van der Waals surface area contributed by atoms with E-state index >= 15 is 0 Å². The van der Waals surface area contributed by atoms with Gasteiger partial charge in [-0.15, -0.1) is 12.4 Å². The van der Waals surface area contributed by atoms with Crippen molar-refractivity contribution in [3.63, 3.8) is 0 Å². The van der Waals surface area contributed by atoms with Gasteiger partial charge in [-0.3, -0.25) is 0 Å². The molecule has 0 aliphatic heterocycles. The summed E-state index contributed by atoms with van der Waals surface area (Å²) in [4.78, 5) is 4.37. The van der Waals surface area contributed by atoms with E-state index in [4.69, 9.17) is 14.7 Å². The highest BCUT2D eigenvalue weighted by molar-refractivity contribution is 5.85. The van der Waals surface area contributed by atoms with Gasteiger partial charge in [-0.2, -0.15) is 4.98 Å². The smallest absolute Gasteiger partial charge is 0.293 e. The molecule has 0 unspecified atom stereocenters. The molecule has 0 bridgehead atoms. The molecule has 1 aliphatic carbocycles. The molecule has 0 atom stereocenters. The highest BCUT2D eigenvalue weighted by Gasteiger charge is 2.39. The van der Waals surface area contributed by atoms with Crippen molar-refractivity contribution in [2.45, 2.75) is 45.1 Å². The number of hydrogen-bond donors (Lipinski definition) is 1. The Morgan fingerprint density at radius 3 is 2.68 bits per heavy atom. The Hall–Kier alpha value is -1.33. The summed E-state index contributed by atoms with van der Waals surface area (Å²) in [6, 6.07) is 1.93. The first-order valence-electron chi connectivity index (χ1n) is 6.35. The van der Waals surface area contributed by atoms with Crippen LogP contribution in [0.25, 0.3) is 11.7 Å². The van der Waals surface area contributed by atoms with Crippen LogP contribution in [0.5, 0.6) is 0 Å². The van der Waals surface area contributed by atoms with E-state index in [1.54, 1.807) is 0 Å². The average molecular weight is 284 g/mol. The number of furan rings is 1. The Morgan fingerprint density at radius 2 is 2.16 bits per heavy atom. The van der Waals surface area contributed by atoms with Crippen molar-refractivity contribution in [2.24, 2.45) is 5.73 Å². The number of halogens is 1. The van der Waals surface area contributed by atoms with Crippen molar-refractivity contribution in [3.8, 4) is 11.7 Å². The van der Waals surface area contributed by atoms with Crippen LogP contribution < -0.4 is 5.73 Å². The van der Waals surface area contributed by atoms with E-state index in [2.05, 4.69) is 17.1 Å². The molecule has 19 heavy (non-hydrogen) atoms. The van der Waals surface area contributed by atoms with E-state index in [9.17, 15) is 0 Å². The highest BCUT2D eigenvalue weighted by Crippen LogP contribution is 2.37. The van der Waals surface area contributed by atoms with Gasteiger partial charge in [-0.05, 0) is 37.8 Å². The number of aromatic nitrogens is 2. The summed E-state index contributed by atoms with van der Waals surface area (Å²) >= 11 is 0. The van der Waals surface area contributed by atoms with Gasteiger partial charge in [0, 0.05) is 6.42 Å². The third-order valence-electron chi connectivity index (χ3n) is 3.67. The molecule has 2 N–H and O–H groups in total. The molecule has 1 aliphatic rings. The van der Waals surface area contributed by atoms with E-state index < -0.39 is 5.54 Å². The standard InChI is InChI=1S/C13H17N3O2.ClH/c1-3-9-8(2)7-10(17-9)11-15-12(16-18-11)13(14)5-4-6-13;/h7H,3-6,14H2,1-2H3;1H. The van der Waals surface area contributed by atoms with Gasteiger partial charge in [-0.25, -0.2) is 0 Å². The zero-order valence-corrected chi connectivity index (χ0v) is 11.9. The van der Waals surface area contributed by atoms with Crippen molar-refractivity contribution >= 4 is 12.4 Å². The van der Waals surface area contributed by atoms with E-state index in [0.717, 1.165) is 37.0 Å². The van der Waals surface area contributed by atoms with Crippen molar-refractivity contribution in [2.75, 3.05) is 0 Å². The topological polar surface area (TPSA) is 78.1 Å². The zero-order chi connectivity index (χ0) is 12.8. The van der Waals surface area contributed by atoms with Crippen molar-refractivity contribution in [1.82, 2.24) is 10.1 Å². The fourth-order valence-corrected chi connectivity index (χ4v) is 2.28. The van der Waals surface area contributed by atoms with Crippen LogP contribution in [0.1, 0.15) is 43.3 Å². The van der Waals surface area contributed by atoms with Crippen LogP contribution in [0.3, 0.4) is 0 Å². The lowest BCUT2D eigenvalue weighted by Gasteiger charge is -2.34. The lowest BCUT2D eigenvalue weighted by atomic mass is 9.77. The molecule has 2 aromatic heterocycles. The van der Waals surface area contributed by atoms with Gasteiger partial charge < -0.3 is 14.7 Å². The number of rotatable bonds is 3. The molecule has 0 amide bonds. The molecule has 3 rings (SSSR count). The van der Waals surface area contributed by atoms with Gasteiger partial charge in [0.25, 0.3) is 5.89 Å². The summed E-state index contributed by atoms with van der Waals surface area (Å²) in [5, 5.41) is 3.98. The Labute approximate surface area is 118 Å². The molecule has 104 valence electrons. The van der Waals surface area contributed by atoms with E-state index in [1.807, 2.05) is 13.0 Å². The van der Waals surface area contributed by atoms with Crippen LogP contribution in [0.2, 0.25) is 0 Å². The van der Waals surface area contributed by atoms with Gasteiger partial charge in [0.2, 0.25) is 0 Å². The molecule has 0 saturated heterocycles. The molecule has 0 radical (unpaired) electrons. The first-order valence-corrected chi connectivity index (χ1v) is 6.35. The lowest BCUT2D eigenvalue weighted by molar-refractivity contribution is 0.229. The largest absolute Gasteiger partial charge is 0.456 e. The monoisotopic (exact) mass is 283 g/mol. The maximum atomic E-state index is 6.16. The van der Waals surface area contributed by atoms with E-state index in [0.29, 0.717) is 17.5 Å². The van der Waals surface area contributed by atoms with Crippen LogP contribution in [-0.4, -0.2) is 10.1 Å². The van der Waals surface area contributed by atoms with Crippen molar-refractivity contribution in [1.29, 1.82) is 0 Å². The van der Waals surface area contributed by atoms with Crippen molar-refractivity contribution < 1.29 is 8.94 Å². The number of nitrogens with two attached hydrogens (primary N) is 1.